The molecular weight excluding hydrogens is 180 g/mol. The lowest BCUT2D eigenvalue weighted by atomic mass is 9.77. The summed E-state index contributed by atoms with van der Waals surface area (Å²) in [6, 6.07) is 0. The van der Waals surface area contributed by atoms with Crippen LogP contribution in [0.1, 0.15) is 19.3 Å². The van der Waals surface area contributed by atoms with Crippen molar-refractivity contribution in [1.82, 2.24) is 0 Å². The van der Waals surface area contributed by atoms with Gasteiger partial charge in [0, 0.05) is 11.2 Å². The second-order valence-electron chi connectivity index (χ2n) is 2.65. The van der Waals surface area contributed by atoms with Gasteiger partial charge in [-0.25, -0.2) is 0 Å². The Bertz CT molecular complexity index is 99.1. The predicted octanol–water partition coefficient (Wildman–Crippen LogP) is 2.00. The van der Waals surface area contributed by atoms with Gasteiger partial charge in [0.05, 0.1) is 0 Å². The average Bonchev–Trinajstić information content (AvgIpc) is 1.78. The SMILES string of the molecule is O=CC(CBr)C1CCC1. The van der Waals surface area contributed by atoms with Crippen molar-refractivity contribution in [3.63, 3.8) is 0 Å². The molecule has 0 aromatic heterocycles. The normalized spacial score (nSPS) is 22.8. The quantitative estimate of drug-likeness (QED) is 0.492. The maximum absolute atomic E-state index is 10.3. The monoisotopic (exact) mass is 190 g/mol. The lowest BCUT2D eigenvalue weighted by Gasteiger charge is -2.29. The Balaban J connectivity index is 2.27. The van der Waals surface area contributed by atoms with E-state index in [9.17, 15) is 4.79 Å². The Labute approximate surface area is 64.0 Å². The molecule has 0 amide bonds. The minimum Gasteiger partial charge on any atom is -0.303 e. The number of rotatable bonds is 3. The number of halogens is 1. The molecule has 0 aliphatic heterocycles. The highest BCUT2D eigenvalue weighted by Gasteiger charge is 2.25. The van der Waals surface area contributed by atoms with Gasteiger partial charge < -0.3 is 4.79 Å². The molecule has 1 nitrogen and oxygen atoms in total. The fraction of sp³-hybridized carbons (Fsp3) is 0.857. The van der Waals surface area contributed by atoms with E-state index < -0.39 is 0 Å². The van der Waals surface area contributed by atoms with Crippen LogP contribution in [0.4, 0.5) is 0 Å². The summed E-state index contributed by atoms with van der Waals surface area (Å²) in [6.07, 6.45) is 4.92. The zero-order chi connectivity index (χ0) is 6.69. The summed E-state index contributed by atoms with van der Waals surface area (Å²) in [4.78, 5) is 10.3. The third-order valence-corrected chi connectivity index (χ3v) is 2.86. The standard InChI is InChI=1S/C7H11BrO/c8-4-7(5-9)6-2-1-3-6/h5-7H,1-4H2. The van der Waals surface area contributed by atoms with E-state index in [0.717, 1.165) is 11.6 Å². The number of aldehydes is 1. The van der Waals surface area contributed by atoms with Crippen molar-refractivity contribution >= 4 is 22.2 Å². The van der Waals surface area contributed by atoms with Gasteiger partial charge in [-0.05, 0) is 18.8 Å². The number of hydrogen-bond donors (Lipinski definition) is 0. The molecule has 0 saturated heterocycles. The van der Waals surface area contributed by atoms with Crippen molar-refractivity contribution in [2.75, 3.05) is 5.33 Å². The van der Waals surface area contributed by atoms with Gasteiger partial charge in [-0.2, -0.15) is 0 Å². The molecule has 1 saturated carbocycles. The van der Waals surface area contributed by atoms with E-state index >= 15 is 0 Å². The van der Waals surface area contributed by atoms with Gasteiger partial charge in [0.2, 0.25) is 0 Å². The third-order valence-electron chi connectivity index (χ3n) is 2.11. The van der Waals surface area contributed by atoms with Gasteiger partial charge in [-0.1, -0.05) is 22.4 Å². The van der Waals surface area contributed by atoms with Crippen molar-refractivity contribution in [2.24, 2.45) is 11.8 Å². The maximum atomic E-state index is 10.3. The smallest absolute Gasteiger partial charge is 0.124 e. The van der Waals surface area contributed by atoms with Gasteiger partial charge in [-0.3, -0.25) is 0 Å². The van der Waals surface area contributed by atoms with E-state index in [2.05, 4.69) is 15.9 Å². The van der Waals surface area contributed by atoms with Crippen LogP contribution < -0.4 is 0 Å². The molecule has 0 spiro atoms. The van der Waals surface area contributed by atoms with Gasteiger partial charge in [0.25, 0.3) is 0 Å². The van der Waals surface area contributed by atoms with E-state index in [1.54, 1.807) is 0 Å². The molecule has 2 heteroatoms. The zero-order valence-corrected chi connectivity index (χ0v) is 6.93. The Morgan fingerprint density at radius 2 is 2.33 bits per heavy atom. The first-order valence-corrected chi connectivity index (χ1v) is 4.52. The van der Waals surface area contributed by atoms with Crippen molar-refractivity contribution < 1.29 is 4.79 Å². The summed E-state index contributed by atoms with van der Waals surface area (Å²) < 4.78 is 0. The van der Waals surface area contributed by atoms with Gasteiger partial charge in [-0.15, -0.1) is 0 Å². The number of carbonyl (C=O) groups excluding carboxylic acids is 1. The van der Waals surface area contributed by atoms with Crippen LogP contribution in [0.5, 0.6) is 0 Å². The first-order valence-electron chi connectivity index (χ1n) is 3.39. The first kappa shape index (κ1) is 7.26. The summed E-state index contributed by atoms with van der Waals surface area (Å²) >= 11 is 3.32. The summed E-state index contributed by atoms with van der Waals surface area (Å²) in [7, 11) is 0. The molecule has 1 atom stereocenters. The second-order valence-corrected chi connectivity index (χ2v) is 3.29. The summed E-state index contributed by atoms with van der Waals surface area (Å²) in [5, 5.41) is 0.848. The fourth-order valence-electron chi connectivity index (χ4n) is 1.14. The number of hydrogen-bond acceptors (Lipinski definition) is 1. The zero-order valence-electron chi connectivity index (χ0n) is 5.35. The van der Waals surface area contributed by atoms with Crippen LogP contribution in [0.15, 0.2) is 0 Å². The lowest BCUT2D eigenvalue weighted by Crippen LogP contribution is -2.23. The van der Waals surface area contributed by atoms with Crippen LogP contribution in [0.2, 0.25) is 0 Å². The van der Waals surface area contributed by atoms with Gasteiger partial charge in [0.15, 0.2) is 0 Å². The van der Waals surface area contributed by atoms with Crippen LogP contribution in [0.25, 0.3) is 0 Å². The van der Waals surface area contributed by atoms with Crippen molar-refractivity contribution in [3.8, 4) is 0 Å². The van der Waals surface area contributed by atoms with E-state index in [1.807, 2.05) is 0 Å². The molecule has 0 heterocycles. The maximum Gasteiger partial charge on any atom is 0.124 e. The highest BCUT2D eigenvalue weighted by Crippen LogP contribution is 2.33. The van der Waals surface area contributed by atoms with Crippen LogP contribution in [-0.4, -0.2) is 11.6 Å². The van der Waals surface area contributed by atoms with Crippen LogP contribution in [-0.2, 0) is 4.79 Å². The number of alkyl halides is 1. The summed E-state index contributed by atoms with van der Waals surface area (Å²) in [5.74, 6) is 0.987. The molecule has 1 rings (SSSR count). The summed E-state index contributed by atoms with van der Waals surface area (Å²) in [6.45, 7) is 0. The van der Waals surface area contributed by atoms with Crippen molar-refractivity contribution in [2.45, 2.75) is 19.3 Å². The molecule has 9 heavy (non-hydrogen) atoms. The molecule has 0 radical (unpaired) electrons. The molecule has 1 aliphatic rings. The first-order chi connectivity index (χ1) is 4.38. The molecule has 0 aromatic rings. The Morgan fingerprint density at radius 3 is 2.44 bits per heavy atom. The summed E-state index contributed by atoms with van der Waals surface area (Å²) in [5.41, 5.74) is 0. The number of carbonyl (C=O) groups is 1. The topological polar surface area (TPSA) is 17.1 Å². The minimum atomic E-state index is 0.291. The molecule has 1 fully saturated rings. The predicted molar refractivity (Wildman–Crippen MR) is 40.7 cm³/mol. The fourth-order valence-corrected chi connectivity index (χ4v) is 1.82. The third kappa shape index (κ3) is 1.54. The molecule has 1 aliphatic carbocycles. The Morgan fingerprint density at radius 1 is 1.67 bits per heavy atom. The molecule has 0 N–H and O–H groups in total. The van der Waals surface area contributed by atoms with E-state index in [1.165, 1.54) is 19.3 Å². The van der Waals surface area contributed by atoms with Crippen molar-refractivity contribution in [3.05, 3.63) is 0 Å². The van der Waals surface area contributed by atoms with Crippen LogP contribution in [0, 0.1) is 11.8 Å². The van der Waals surface area contributed by atoms with Gasteiger partial charge in [0.1, 0.15) is 6.29 Å². The van der Waals surface area contributed by atoms with Gasteiger partial charge >= 0.3 is 0 Å². The highest BCUT2D eigenvalue weighted by atomic mass is 79.9. The van der Waals surface area contributed by atoms with Crippen molar-refractivity contribution in [1.29, 1.82) is 0 Å². The largest absolute Gasteiger partial charge is 0.303 e. The van der Waals surface area contributed by atoms with E-state index in [0.29, 0.717) is 11.8 Å². The van der Waals surface area contributed by atoms with Crippen LogP contribution in [0.3, 0.4) is 0 Å². The average molecular weight is 191 g/mol. The van der Waals surface area contributed by atoms with Crippen LogP contribution >= 0.6 is 15.9 Å². The minimum absolute atomic E-state index is 0.291. The molecule has 1 unspecified atom stereocenters. The molecular formula is C7H11BrO. The van der Waals surface area contributed by atoms with E-state index in [-0.39, 0.29) is 0 Å². The van der Waals surface area contributed by atoms with E-state index in [4.69, 9.17) is 0 Å². The lowest BCUT2D eigenvalue weighted by molar-refractivity contribution is -0.112. The second kappa shape index (κ2) is 3.35. The molecule has 52 valence electrons. The Kier molecular flexibility index (Phi) is 2.70. The highest BCUT2D eigenvalue weighted by molar-refractivity contribution is 9.09. The molecule has 0 bridgehead atoms. The molecule has 0 aromatic carbocycles. The Hall–Kier alpha value is 0.150.